The average molecular weight is 498 g/mol. The Balaban J connectivity index is 2.97. The molecule has 10 nitrogen and oxygen atoms in total. The number of halogens is 6. The summed E-state index contributed by atoms with van der Waals surface area (Å²) in [7, 11) is 0. The van der Waals surface area contributed by atoms with Crippen LogP contribution >= 0.6 is 0 Å². The number of alkyl halides is 6. The van der Waals surface area contributed by atoms with Crippen LogP contribution in [0.25, 0.3) is 11.1 Å². The number of ether oxygens (including phenoxy) is 2. The number of anilines is 2. The molecule has 0 spiro atoms. The zero-order valence-corrected chi connectivity index (χ0v) is 17.3. The first-order chi connectivity index (χ1) is 15.7. The van der Waals surface area contributed by atoms with Gasteiger partial charge in [-0.1, -0.05) is 0 Å². The van der Waals surface area contributed by atoms with Gasteiger partial charge >= 0.3 is 12.7 Å². The highest BCUT2D eigenvalue weighted by Gasteiger charge is 2.37. The topological polar surface area (TPSA) is 129 Å². The van der Waals surface area contributed by atoms with Crippen molar-refractivity contribution in [3.05, 3.63) is 44.5 Å². The predicted octanol–water partition coefficient (Wildman–Crippen LogP) is 5.83. The lowest BCUT2D eigenvalue weighted by molar-refractivity contribution is -0.384. The molecular formula is C18H16F6N4O6. The van der Waals surface area contributed by atoms with Gasteiger partial charge in [0.2, 0.25) is 0 Å². The molecule has 2 aromatic carbocycles. The lowest BCUT2D eigenvalue weighted by Crippen LogP contribution is -2.19. The first kappa shape index (κ1) is 26.3. The fourth-order valence-electron chi connectivity index (χ4n) is 2.94. The molecule has 16 heteroatoms. The van der Waals surface area contributed by atoms with E-state index in [1.54, 1.807) is 0 Å². The SMILES string of the molecule is CCNc1cc(OC(F)(F)F)c(-c2cc([N+](=O)[O-])c(NCC)cc2OC(F)(F)F)cc1[N+](=O)[O-]. The second-order valence-electron chi connectivity index (χ2n) is 6.40. The molecule has 2 aromatic rings. The third-order valence-corrected chi connectivity index (χ3v) is 4.07. The monoisotopic (exact) mass is 498 g/mol. The van der Waals surface area contributed by atoms with Crippen molar-refractivity contribution in [2.75, 3.05) is 23.7 Å². The van der Waals surface area contributed by atoms with E-state index in [2.05, 4.69) is 20.1 Å². The van der Waals surface area contributed by atoms with Crippen molar-refractivity contribution >= 4 is 22.7 Å². The van der Waals surface area contributed by atoms with Gasteiger partial charge in [0.1, 0.15) is 22.9 Å². The van der Waals surface area contributed by atoms with Gasteiger partial charge in [-0.15, -0.1) is 26.3 Å². The Labute approximate surface area is 186 Å². The van der Waals surface area contributed by atoms with Crippen LogP contribution in [-0.2, 0) is 0 Å². The minimum Gasteiger partial charge on any atom is -0.405 e. The predicted molar refractivity (Wildman–Crippen MR) is 107 cm³/mol. The maximum atomic E-state index is 13.1. The van der Waals surface area contributed by atoms with Crippen molar-refractivity contribution in [2.45, 2.75) is 26.6 Å². The Bertz CT molecular complexity index is 1000. The number of benzene rings is 2. The number of nitro benzene ring substituents is 2. The largest absolute Gasteiger partial charge is 0.573 e. The minimum atomic E-state index is -5.35. The van der Waals surface area contributed by atoms with E-state index >= 15 is 0 Å². The van der Waals surface area contributed by atoms with E-state index in [1.807, 2.05) is 0 Å². The van der Waals surface area contributed by atoms with Gasteiger partial charge < -0.3 is 20.1 Å². The van der Waals surface area contributed by atoms with Crippen LogP contribution in [0.4, 0.5) is 49.1 Å². The lowest BCUT2D eigenvalue weighted by Gasteiger charge is -2.19. The van der Waals surface area contributed by atoms with E-state index in [4.69, 9.17) is 0 Å². The van der Waals surface area contributed by atoms with Crippen LogP contribution in [0.3, 0.4) is 0 Å². The summed E-state index contributed by atoms with van der Waals surface area (Å²) in [5.74, 6) is -2.29. The molecule has 34 heavy (non-hydrogen) atoms. The molecule has 2 N–H and O–H groups in total. The zero-order chi connectivity index (χ0) is 25.8. The van der Waals surface area contributed by atoms with Gasteiger partial charge in [0.05, 0.1) is 9.85 Å². The lowest BCUT2D eigenvalue weighted by atomic mass is 10.00. The molecule has 2 rings (SSSR count). The maximum Gasteiger partial charge on any atom is 0.573 e. The fraction of sp³-hybridized carbons (Fsp3) is 0.333. The first-order valence-corrected chi connectivity index (χ1v) is 9.31. The first-order valence-electron chi connectivity index (χ1n) is 9.31. The smallest absolute Gasteiger partial charge is 0.405 e. The fourth-order valence-corrected chi connectivity index (χ4v) is 2.94. The van der Waals surface area contributed by atoms with Crippen LogP contribution in [0.1, 0.15) is 13.8 Å². The van der Waals surface area contributed by atoms with Gasteiger partial charge in [0, 0.05) is 48.5 Å². The molecule has 0 aromatic heterocycles. The highest BCUT2D eigenvalue weighted by atomic mass is 19.4. The van der Waals surface area contributed by atoms with E-state index in [-0.39, 0.29) is 13.1 Å². The standard InChI is InChI=1S/C18H16F6N4O6/c1-3-25-11-7-15(33-17(19,20)21)9(5-13(11)27(29)30)10-6-14(28(31)32)12(26-4-2)8-16(10)34-18(22,23)24/h5-8,25-26H,3-4H2,1-2H3. The van der Waals surface area contributed by atoms with E-state index in [9.17, 15) is 46.6 Å². The van der Waals surface area contributed by atoms with Crippen LogP contribution in [0.5, 0.6) is 11.5 Å². The van der Waals surface area contributed by atoms with Crippen molar-refractivity contribution in [3.8, 4) is 22.6 Å². The third kappa shape index (κ3) is 6.52. The highest BCUT2D eigenvalue weighted by Crippen LogP contribution is 2.47. The second kappa shape index (κ2) is 9.88. The molecular weight excluding hydrogens is 482 g/mol. The summed E-state index contributed by atoms with van der Waals surface area (Å²) >= 11 is 0. The number of nitrogens with one attached hydrogen (secondary N) is 2. The minimum absolute atomic E-state index is 0.0386. The molecule has 0 unspecified atom stereocenters. The quantitative estimate of drug-likeness (QED) is 0.251. The van der Waals surface area contributed by atoms with Crippen LogP contribution < -0.4 is 20.1 Å². The third-order valence-electron chi connectivity index (χ3n) is 4.07. The van der Waals surface area contributed by atoms with Gasteiger partial charge in [0.15, 0.2) is 0 Å². The molecule has 0 saturated carbocycles. The van der Waals surface area contributed by atoms with Gasteiger partial charge in [0.25, 0.3) is 11.4 Å². The van der Waals surface area contributed by atoms with E-state index in [1.165, 1.54) is 13.8 Å². The Kier molecular flexibility index (Phi) is 7.64. The molecule has 0 fully saturated rings. The normalized spacial score (nSPS) is 11.6. The van der Waals surface area contributed by atoms with E-state index < -0.39 is 67.9 Å². The van der Waals surface area contributed by atoms with E-state index in [0.717, 1.165) is 0 Å². The molecule has 0 saturated heterocycles. The molecule has 0 amide bonds. The van der Waals surface area contributed by atoms with Crippen molar-refractivity contribution in [3.63, 3.8) is 0 Å². The van der Waals surface area contributed by atoms with Crippen molar-refractivity contribution in [1.29, 1.82) is 0 Å². The highest BCUT2D eigenvalue weighted by molar-refractivity contribution is 5.86. The molecule has 0 atom stereocenters. The second-order valence-corrected chi connectivity index (χ2v) is 6.40. The Morgan fingerprint density at radius 1 is 0.735 bits per heavy atom. The molecule has 0 bridgehead atoms. The van der Waals surface area contributed by atoms with Gasteiger partial charge in [-0.2, -0.15) is 0 Å². The molecule has 0 heterocycles. The molecule has 186 valence electrons. The van der Waals surface area contributed by atoms with Crippen LogP contribution in [0.2, 0.25) is 0 Å². The molecule has 0 radical (unpaired) electrons. The maximum absolute atomic E-state index is 13.1. The van der Waals surface area contributed by atoms with Gasteiger partial charge in [-0.3, -0.25) is 20.2 Å². The van der Waals surface area contributed by atoms with Gasteiger partial charge in [-0.05, 0) is 13.8 Å². The summed E-state index contributed by atoms with van der Waals surface area (Å²) in [5, 5.41) is 27.9. The summed E-state index contributed by atoms with van der Waals surface area (Å²) in [6, 6.07) is 2.14. The molecule has 0 aliphatic carbocycles. The molecule has 0 aliphatic rings. The summed E-state index contributed by atoms with van der Waals surface area (Å²) in [4.78, 5) is 21.0. The van der Waals surface area contributed by atoms with E-state index in [0.29, 0.717) is 24.3 Å². The Morgan fingerprint density at radius 3 is 1.29 bits per heavy atom. The number of rotatable bonds is 9. The summed E-state index contributed by atoms with van der Waals surface area (Å²) in [6.45, 7) is 3.05. The van der Waals surface area contributed by atoms with Gasteiger partial charge in [-0.25, -0.2) is 0 Å². The average Bonchev–Trinajstić information content (AvgIpc) is 2.66. The number of nitrogens with zero attached hydrogens (tertiary/aromatic N) is 2. The van der Waals surface area contributed by atoms with Crippen LogP contribution in [0.15, 0.2) is 24.3 Å². The van der Waals surface area contributed by atoms with Crippen LogP contribution in [0, 0.1) is 20.2 Å². The summed E-state index contributed by atoms with van der Waals surface area (Å²) in [5.41, 5.74) is -4.27. The Morgan fingerprint density at radius 2 is 1.06 bits per heavy atom. The van der Waals surface area contributed by atoms with Crippen molar-refractivity contribution in [1.82, 2.24) is 0 Å². The zero-order valence-electron chi connectivity index (χ0n) is 17.3. The molecule has 0 aliphatic heterocycles. The van der Waals surface area contributed by atoms with Crippen LogP contribution in [-0.4, -0.2) is 35.7 Å². The Hall–Kier alpha value is -3.98. The summed E-state index contributed by atoms with van der Waals surface area (Å²) in [6.07, 6.45) is -10.7. The number of hydrogen-bond donors (Lipinski definition) is 2. The van der Waals surface area contributed by atoms with Crippen molar-refractivity contribution in [2.24, 2.45) is 0 Å². The van der Waals surface area contributed by atoms with Crippen molar-refractivity contribution < 1.29 is 45.7 Å². The number of hydrogen-bond acceptors (Lipinski definition) is 8. The number of nitro groups is 2. The summed E-state index contributed by atoms with van der Waals surface area (Å²) < 4.78 is 86.1.